The van der Waals surface area contributed by atoms with Gasteiger partial charge in [0, 0.05) is 22.2 Å². The Bertz CT molecular complexity index is 829. The average molecular weight is 313 g/mol. The van der Waals surface area contributed by atoms with Crippen molar-refractivity contribution < 1.29 is 14.1 Å². The van der Waals surface area contributed by atoms with E-state index in [1.165, 1.54) is 0 Å². The fraction of sp³-hybridized carbons (Fsp3) is 0.294. The molecular weight excluding hydrogens is 294 g/mol. The summed E-state index contributed by atoms with van der Waals surface area (Å²) in [5.74, 6) is 1.44. The fourth-order valence-corrected chi connectivity index (χ4v) is 2.56. The van der Waals surface area contributed by atoms with Gasteiger partial charge in [-0.1, -0.05) is 5.16 Å². The molecule has 2 aromatic heterocycles. The number of nitrogens with one attached hydrogen (secondary N) is 2. The van der Waals surface area contributed by atoms with Crippen LogP contribution in [0.5, 0.6) is 5.75 Å². The summed E-state index contributed by atoms with van der Waals surface area (Å²) in [6.45, 7) is 4.09. The summed E-state index contributed by atoms with van der Waals surface area (Å²) in [6, 6.07) is 7.83. The smallest absolute Gasteiger partial charge is 0.224 e. The number of benzene rings is 1. The highest BCUT2D eigenvalue weighted by Gasteiger charge is 2.13. The molecule has 0 bridgehead atoms. The summed E-state index contributed by atoms with van der Waals surface area (Å²) in [4.78, 5) is 15.4. The fourth-order valence-electron chi connectivity index (χ4n) is 2.56. The van der Waals surface area contributed by atoms with Crippen LogP contribution in [-0.2, 0) is 17.8 Å². The first-order chi connectivity index (χ1) is 11.1. The summed E-state index contributed by atoms with van der Waals surface area (Å²) in [7, 11) is 1.64. The molecule has 0 radical (unpaired) electrons. The number of aromatic amines is 1. The van der Waals surface area contributed by atoms with Crippen LogP contribution in [0.1, 0.15) is 22.7 Å². The Labute approximate surface area is 133 Å². The molecule has 0 aliphatic heterocycles. The van der Waals surface area contributed by atoms with E-state index >= 15 is 0 Å². The second-order valence-electron chi connectivity index (χ2n) is 5.50. The number of methoxy groups -OCH3 is 1. The van der Waals surface area contributed by atoms with E-state index in [0.29, 0.717) is 12.3 Å². The predicted molar refractivity (Wildman–Crippen MR) is 86.4 cm³/mol. The van der Waals surface area contributed by atoms with Crippen molar-refractivity contribution in [3.8, 4) is 5.75 Å². The van der Waals surface area contributed by atoms with Crippen molar-refractivity contribution in [3.63, 3.8) is 0 Å². The second-order valence-corrected chi connectivity index (χ2v) is 5.50. The molecule has 0 atom stereocenters. The van der Waals surface area contributed by atoms with Gasteiger partial charge in [-0.05, 0) is 38.1 Å². The molecule has 0 saturated carbocycles. The third-order valence-electron chi connectivity index (χ3n) is 3.88. The van der Waals surface area contributed by atoms with Gasteiger partial charge in [0.1, 0.15) is 11.5 Å². The number of aromatic nitrogens is 2. The summed E-state index contributed by atoms with van der Waals surface area (Å²) in [5, 5.41) is 7.82. The van der Waals surface area contributed by atoms with Gasteiger partial charge in [-0.2, -0.15) is 0 Å². The number of hydrogen-bond donors (Lipinski definition) is 2. The largest absolute Gasteiger partial charge is 0.497 e. The number of ether oxygens (including phenoxy) is 1. The van der Waals surface area contributed by atoms with Crippen LogP contribution in [0, 0.1) is 13.8 Å². The van der Waals surface area contributed by atoms with Crippen molar-refractivity contribution in [3.05, 3.63) is 47.0 Å². The third-order valence-corrected chi connectivity index (χ3v) is 3.88. The van der Waals surface area contributed by atoms with E-state index in [1.807, 2.05) is 38.1 Å². The van der Waals surface area contributed by atoms with E-state index in [4.69, 9.17) is 9.26 Å². The molecule has 2 heterocycles. The van der Waals surface area contributed by atoms with E-state index in [-0.39, 0.29) is 12.3 Å². The zero-order chi connectivity index (χ0) is 16.4. The number of fused-ring (bicyclic) bond motifs is 1. The van der Waals surface area contributed by atoms with Crippen LogP contribution >= 0.6 is 0 Å². The highest BCUT2D eigenvalue weighted by Crippen LogP contribution is 2.21. The Morgan fingerprint density at radius 1 is 1.35 bits per heavy atom. The first-order valence-electron chi connectivity index (χ1n) is 7.41. The lowest BCUT2D eigenvalue weighted by molar-refractivity contribution is -0.120. The number of amides is 1. The molecule has 6 heteroatoms. The minimum atomic E-state index is -0.0596. The van der Waals surface area contributed by atoms with Crippen molar-refractivity contribution in [2.24, 2.45) is 0 Å². The zero-order valence-corrected chi connectivity index (χ0v) is 13.4. The summed E-state index contributed by atoms with van der Waals surface area (Å²) in [6.07, 6.45) is 0.273. The monoisotopic (exact) mass is 313 g/mol. The third kappa shape index (κ3) is 3.21. The molecule has 3 aromatic rings. The maximum absolute atomic E-state index is 12.1. The molecule has 0 fully saturated rings. The Morgan fingerprint density at radius 3 is 2.87 bits per heavy atom. The highest BCUT2D eigenvalue weighted by atomic mass is 16.5. The van der Waals surface area contributed by atoms with Gasteiger partial charge in [-0.3, -0.25) is 4.79 Å². The molecule has 0 saturated heterocycles. The van der Waals surface area contributed by atoms with Crippen molar-refractivity contribution in [1.82, 2.24) is 15.5 Å². The topological polar surface area (TPSA) is 80.1 Å². The zero-order valence-electron chi connectivity index (χ0n) is 13.4. The lowest BCUT2D eigenvalue weighted by Gasteiger charge is -2.03. The predicted octanol–water partition coefficient (Wildman–Crippen LogP) is 2.64. The number of H-pyrrole nitrogens is 1. The molecule has 0 aliphatic rings. The molecular formula is C17H19N3O3. The van der Waals surface area contributed by atoms with Gasteiger partial charge in [-0.25, -0.2) is 0 Å². The SMILES string of the molecule is COc1ccc2[nH]c(CNC(=O)Cc3c(C)noc3C)cc2c1. The lowest BCUT2D eigenvalue weighted by Crippen LogP contribution is -2.25. The second kappa shape index (κ2) is 6.16. The first kappa shape index (κ1) is 15.1. The maximum Gasteiger partial charge on any atom is 0.224 e. The lowest BCUT2D eigenvalue weighted by atomic mass is 10.1. The van der Waals surface area contributed by atoms with E-state index in [2.05, 4.69) is 15.5 Å². The van der Waals surface area contributed by atoms with Crippen LogP contribution in [0.25, 0.3) is 10.9 Å². The average Bonchev–Trinajstić information content (AvgIpc) is 3.09. The Balaban J connectivity index is 1.65. The van der Waals surface area contributed by atoms with Gasteiger partial charge in [0.2, 0.25) is 5.91 Å². The van der Waals surface area contributed by atoms with Gasteiger partial charge in [0.05, 0.1) is 25.8 Å². The highest BCUT2D eigenvalue weighted by molar-refractivity contribution is 5.82. The van der Waals surface area contributed by atoms with Crippen molar-refractivity contribution in [1.29, 1.82) is 0 Å². The van der Waals surface area contributed by atoms with Gasteiger partial charge >= 0.3 is 0 Å². The van der Waals surface area contributed by atoms with E-state index < -0.39 is 0 Å². The van der Waals surface area contributed by atoms with Crippen LogP contribution in [0.4, 0.5) is 0 Å². The number of carbonyl (C=O) groups excluding carboxylic acids is 1. The summed E-state index contributed by atoms with van der Waals surface area (Å²) >= 11 is 0. The molecule has 23 heavy (non-hydrogen) atoms. The van der Waals surface area contributed by atoms with Crippen LogP contribution in [-0.4, -0.2) is 23.2 Å². The molecule has 3 rings (SSSR count). The Kier molecular flexibility index (Phi) is 4.06. The van der Waals surface area contributed by atoms with Crippen LogP contribution < -0.4 is 10.1 Å². The van der Waals surface area contributed by atoms with Crippen LogP contribution in [0.15, 0.2) is 28.8 Å². The molecule has 1 aromatic carbocycles. The van der Waals surface area contributed by atoms with Gasteiger partial charge in [0.15, 0.2) is 0 Å². The van der Waals surface area contributed by atoms with Crippen molar-refractivity contribution in [2.75, 3.05) is 7.11 Å². The quantitative estimate of drug-likeness (QED) is 0.759. The van der Waals surface area contributed by atoms with Gasteiger partial charge in [-0.15, -0.1) is 0 Å². The van der Waals surface area contributed by atoms with Crippen molar-refractivity contribution >= 4 is 16.8 Å². The molecule has 1 amide bonds. The minimum absolute atomic E-state index is 0.0596. The summed E-state index contributed by atoms with van der Waals surface area (Å²) < 4.78 is 10.3. The molecule has 0 unspecified atom stereocenters. The van der Waals surface area contributed by atoms with Crippen LogP contribution in [0.3, 0.4) is 0 Å². The number of aryl methyl sites for hydroxylation is 2. The number of hydrogen-bond acceptors (Lipinski definition) is 4. The molecule has 0 spiro atoms. The number of carbonyl (C=O) groups is 1. The number of rotatable bonds is 5. The molecule has 6 nitrogen and oxygen atoms in total. The molecule has 120 valence electrons. The Hall–Kier alpha value is -2.76. The standard InChI is InChI=1S/C17H19N3O3/c1-10-15(11(2)23-20-10)8-17(21)18-9-13-6-12-7-14(22-3)4-5-16(12)19-13/h4-7,19H,8-9H2,1-3H3,(H,18,21). The summed E-state index contributed by atoms with van der Waals surface area (Å²) in [5.41, 5.74) is 3.57. The molecule has 0 aliphatic carbocycles. The maximum atomic E-state index is 12.1. The van der Waals surface area contributed by atoms with E-state index in [9.17, 15) is 4.79 Å². The van der Waals surface area contributed by atoms with Gasteiger partial charge < -0.3 is 19.6 Å². The number of nitrogens with zero attached hydrogens (tertiary/aromatic N) is 1. The van der Waals surface area contributed by atoms with Crippen LogP contribution in [0.2, 0.25) is 0 Å². The molecule has 2 N–H and O–H groups in total. The van der Waals surface area contributed by atoms with Crippen molar-refractivity contribution in [2.45, 2.75) is 26.8 Å². The van der Waals surface area contributed by atoms with Gasteiger partial charge in [0.25, 0.3) is 0 Å². The Morgan fingerprint density at radius 2 is 2.17 bits per heavy atom. The minimum Gasteiger partial charge on any atom is -0.497 e. The van der Waals surface area contributed by atoms with E-state index in [0.717, 1.165) is 33.6 Å². The first-order valence-corrected chi connectivity index (χ1v) is 7.41. The normalized spacial score (nSPS) is 10.9. The van der Waals surface area contributed by atoms with E-state index in [1.54, 1.807) is 7.11 Å².